The van der Waals surface area contributed by atoms with Gasteiger partial charge in [0.2, 0.25) is 0 Å². The molecule has 0 aliphatic carbocycles. The van der Waals surface area contributed by atoms with Crippen molar-refractivity contribution in [3.63, 3.8) is 0 Å². The summed E-state index contributed by atoms with van der Waals surface area (Å²) in [5.74, 6) is -0.0227. The maximum atomic E-state index is 11.4. The van der Waals surface area contributed by atoms with Crippen LogP contribution in [-0.4, -0.2) is 12.8 Å². The first-order valence-corrected chi connectivity index (χ1v) is 5.00. The van der Waals surface area contributed by atoms with Gasteiger partial charge in [0.05, 0.1) is 10.6 Å². The Morgan fingerprint density at radius 1 is 1.71 bits per heavy atom. The number of nitrogens with two attached hydrogens (primary N) is 1. The number of nitrogens with one attached hydrogen (secondary N) is 1. The van der Waals surface area contributed by atoms with Gasteiger partial charge in [-0.05, 0) is 0 Å². The summed E-state index contributed by atoms with van der Waals surface area (Å²) >= 11 is 1.24. The van der Waals surface area contributed by atoms with Gasteiger partial charge in [-0.15, -0.1) is 11.3 Å². The quantitative estimate of drug-likeness (QED) is 0.744. The number of carbonyl (C=O) groups excluding carboxylic acids is 1. The van der Waals surface area contributed by atoms with Gasteiger partial charge < -0.3 is 11.1 Å². The van der Waals surface area contributed by atoms with Gasteiger partial charge in [0.1, 0.15) is 16.6 Å². The van der Waals surface area contributed by atoms with E-state index in [9.17, 15) is 4.79 Å². The second kappa shape index (κ2) is 4.11. The lowest BCUT2D eigenvalue weighted by Gasteiger charge is -1.93. The standard InChI is InChI=1S/C9H11N3OS/c1-3-6(13)8-7(11)5(4-10)9(12-2)14-8/h12H,3,11H2,1-2H3. The number of hydrogen-bond donors (Lipinski definition) is 2. The molecule has 0 aliphatic heterocycles. The van der Waals surface area contributed by atoms with Crippen LogP contribution in [0.2, 0.25) is 0 Å². The highest BCUT2D eigenvalue weighted by atomic mass is 32.1. The Kier molecular flexibility index (Phi) is 3.10. The summed E-state index contributed by atoms with van der Waals surface area (Å²) < 4.78 is 0. The molecule has 74 valence electrons. The van der Waals surface area contributed by atoms with Crippen LogP contribution in [0.25, 0.3) is 0 Å². The molecule has 5 heteroatoms. The second-order valence-electron chi connectivity index (χ2n) is 2.69. The minimum atomic E-state index is -0.0227. The van der Waals surface area contributed by atoms with Gasteiger partial charge in [-0.25, -0.2) is 0 Å². The van der Waals surface area contributed by atoms with Crippen LogP contribution in [-0.2, 0) is 0 Å². The van der Waals surface area contributed by atoms with Gasteiger partial charge in [0.25, 0.3) is 0 Å². The number of nitriles is 1. The topological polar surface area (TPSA) is 78.9 Å². The molecule has 0 atom stereocenters. The lowest BCUT2D eigenvalue weighted by atomic mass is 10.2. The Bertz CT molecular complexity index is 403. The molecule has 3 N–H and O–H groups in total. The number of Topliss-reactive ketones (excluding diaryl/α,β-unsaturated/α-hetero) is 1. The zero-order valence-electron chi connectivity index (χ0n) is 8.05. The Hall–Kier alpha value is -1.54. The van der Waals surface area contributed by atoms with Crippen molar-refractivity contribution in [2.45, 2.75) is 13.3 Å². The minimum Gasteiger partial charge on any atom is -0.396 e. The van der Waals surface area contributed by atoms with E-state index in [0.717, 1.165) is 0 Å². The first kappa shape index (κ1) is 10.5. The van der Waals surface area contributed by atoms with Crippen LogP contribution in [0.1, 0.15) is 28.6 Å². The Balaban J connectivity index is 3.29. The summed E-state index contributed by atoms with van der Waals surface area (Å²) in [5, 5.41) is 12.3. The van der Waals surface area contributed by atoms with E-state index in [0.29, 0.717) is 27.5 Å². The van der Waals surface area contributed by atoms with Crippen LogP contribution in [0.3, 0.4) is 0 Å². The average Bonchev–Trinajstić information content (AvgIpc) is 2.53. The van der Waals surface area contributed by atoms with Crippen molar-refractivity contribution in [3.05, 3.63) is 10.4 Å². The molecule has 14 heavy (non-hydrogen) atoms. The Labute approximate surface area is 86.3 Å². The van der Waals surface area contributed by atoms with E-state index in [2.05, 4.69) is 5.32 Å². The highest BCUT2D eigenvalue weighted by molar-refractivity contribution is 7.19. The van der Waals surface area contributed by atoms with Crippen molar-refractivity contribution in [2.75, 3.05) is 18.1 Å². The summed E-state index contributed by atoms with van der Waals surface area (Å²) in [6.45, 7) is 1.77. The minimum absolute atomic E-state index is 0.0227. The fourth-order valence-electron chi connectivity index (χ4n) is 1.10. The second-order valence-corrected chi connectivity index (χ2v) is 3.71. The molecule has 0 aliphatic rings. The van der Waals surface area contributed by atoms with E-state index in [1.807, 2.05) is 6.07 Å². The third-order valence-corrected chi connectivity index (χ3v) is 3.12. The van der Waals surface area contributed by atoms with Gasteiger partial charge in [0, 0.05) is 13.5 Å². The molecule has 1 rings (SSSR count). The molecular formula is C9H11N3OS. The van der Waals surface area contributed by atoms with Crippen LogP contribution in [0.15, 0.2) is 0 Å². The van der Waals surface area contributed by atoms with E-state index < -0.39 is 0 Å². The monoisotopic (exact) mass is 209 g/mol. The number of nitrogen functional groups attached to an aromatic ring is 1. The highest BCUT2D eigenvalue weighted by Crippen LogP contribution is 2.35. The van der Waals surface area contributed by atoms with Crippen LogP contribution in [0.4, 0.5) is 10.7 Å². The van der Waals surface area contributed by atoms with Crippen LogP contribution in [0.5, 0.6) is 0 Å². The molecule has 0 unspecified atom stereocenters. The molecule has 0 spiro atoms. The van der Waals surface area contributed by atoms with Crippen molar-refractivity contribution in [1.82, 2.24) is 0 Å². The maximum Gasteiger partial charge on any atom is 0.174 e. The number of nitrogens with zero attached hydrogens (tertiary/aromatic N) is 1. The molecule has 1 aromatic heterocycles. The first-order valence-electron chi connectivity index (χ1n) is 4.19. The lowest BCUT2D eigenvalue weighted by Crippen LogP contribution is -1.98. The zero-order chi connectivity index (χ0) is 10.7. The number of rotatable bonds is 3. The largest absolute Gasteiger partial charge is 0.396 e. The number of carbonyl (C=O) groups is 1. The van der Waals surface area contributed by atoms with Crippen molar-refractivity contribution in [3.8, 4) is 6.07 Å². The van der Waals surface area contributed by atoms with Crippen LogP contribution in [0, 0.1) is 11.3 Å². The molecule has 0 fully saturated rings. The van der Waals surface area contributed by atoms with Crippen molar-refractivity contribution in [2.24, 2.45) is 0 Å². The molecule has 0 radical (unpaired) electrons. The lowest BCUT2D eigenvalue weighted by molar-refractivity contribution is 0.0993. The average molecular weight is 209 g/mol. The van der Waals surface area contributed by atoms with Gasteiger partial charge in [-0.1, -0.05) is 6.92 Å². The number of thiophene rings is 1. The third-order valence-electron chi connectivity index (χ3n) is 1.86. The SMILES string of the molecule is CCC(=O)c1sc(NC)c(C#N)c1N. The van der Waals surface area contributed by atoms with Crippen molar-refractivity contribution in [1.29, 1.82) is 5.26 Å². The van der Waals surface area contributed by atoms with Gasteiger partial charge in [0.15, 0.2) is 5.78 Å². The Morgan fingerprint density at radius 3 is 2.71 bits per heavy atom. The van der Waals surface area contributed by atoms with Crippen LogP contribution < -0.4 is 11.1 Å². The molecule has 1 heterocycles. The number of ketones is 1. The summed E-state index contributed by atoms with van der Waals surface area (Å²) in [7, 11) is 1.70. The van der Waals surface area contributed by atoms with E-state index in [1.54, 1.807) is 14.0 Å². The van der Waals surface area contributed by atoms with Gasteiger partial charge in [-0.3, -0.25) is 4.79 Å². The van der Waals surface area contributed by atoms with Crippen molar-refractivity contribution < 1.29 is 4.79 Å². The van der Waals surface area contributed by atoms with Gasteiger partial charge >= 0.3 is 0 Å². The predicted octanol–water partition coefficient (Wildman–Crippen LogP) is 1.84. The molecule has 0 saturated heterocycles. The van der Waals surface area contributed by atoms with Crippen LogP contribution >= 0.6 is 11.3 Å². The van der Waals surface area contributed by atoms with Crippen molar-refractivity contribution >= 4 is 27.8 Å². The van der Waals surface area contributed by atoms with E-state index in [4.69, 9.17) is 11.0 Å². The fraction of sp³-hybridized carbons (Fsp3) is 0.333. The normalized spacial score (nSPS) is 9.50. The maximum absolute atomic E-state index is 11.4. The van der Waals surface area contributed by atoms with Gasteiger partial charge in [-0.2, -0.15) is 5.26 Å². The van der Waals surface area contributed by atoms with E-state index in [1.165, 1.54) is 11.3 Å². The number of hydrogen-bond acceptors (Lipinski definition) is 5. The van der Waals surface area contributed by atoms with E-state index >= 15 is 0 Å². The van der Waals surface area contributed by atoms with E-state index in [-0.39, 0.29) is 5.78 Å². The molecule has 4 nitrogen and oxygen atoms in total. The third kappa shape index (κ3) is 1.56. The smallest absolute Gasteiger partial charge is 0.174 e. The predicted molar refractivity (Wildman–Crippen MR) is 57.6 cm³/mol. The molecule has 0 bridgehead atoms. The summed E-state index contributed by atoms with van der Waals surface area (Å²) in [6, 6.07) is 1.98. The molecule has 0 saturated carbocycles. The summed E-state index contributed by atoms with van der Waals surface area (Å²) in [6.07, 6.45) is 0.402. The highest BCUT2D eigenvalue weighted by Gasteiger charge is 2.18. The Morgan fingerprint density at radius 2 is 2.36 bits per heavy atom. The molecule has 1 aromatic rings. The molecular weight excluding hydrogens is 198 g/mol. The first-order chi connectivity index (χ1) is 6.65. The number of anilines is 2. The summed E-state index contributed by atoms with van der Waals surface area (Å²) in [4.78, 5) is 11.9. The molecule has 0 amide bonds. The molecule has 0 aromatic carbocycles. The summed E-state index contributed by atoms with van der Waals surface area (Å²) in [5.41, 5.74) is 6.36. The fourth-order valence-corrected chi connectivity index (χ4v) is 2.13. The zero-order valence-corrected chi connectivity index (χ0v) is 8.86.